The standard InChI is InChI=1S/C15H15NO4/c1-9-7-12(8-10(2)14(9)20-11(3)17)15(18)16-13-5-4-6-19-13/h4-8H,1-3H3,(H,16,18). The van der Waals surface area contributed by atoms with Crippen LogP contribution in [0.4, 0.5) is 5.88 Å². The third-order valence-corrected chi connectivity index (χ3v) is 2.73. The van der Waals surface area contributed by atoms with E-state index in [0.717, 1.165) is 11.1 Å². The minimum atomic E-state index is -0.385. The first kappa shape index (κ1) is 13.9. The molecule has 104 valence electrons. The molecule has 2 rings (SSSR count). The van der Waals surface area contributed by atoms with Gasteiger partial charge in [-0.2, -0.15) is 0 Å². The Morgan fingerprint density at radius 2 is 1.85 bits per heavy atom. The number of hydrogen-bond donors (Lipinski definition) is 1. The van der Waals surface area contributed by atoms with Crippen molar-refractivity contribution in [2.45, 2.75) is 20.8 Å². The Hall–Kier alpha value is -2.56. The molecule has 0 spiro atoms. The third-order valence-electron chi connectivity index (χ3n) is 2.73. The Morgan fingerprint density at radius 1 is 1.20 bits per heavy atom. The first-order valence-electron chi connectivity index (χ1n) is 6.12. The average molecular weight is 273 g/mol. The van der Waals surface area contributed by atoms with Crippen LogP contribution >= 0.6 is 0 Å². The first-order valence-corrected chi connectivity index (χ1v) is 6.12. The summed E-state index contributed by atoms with van der Waals surface area (Å²) < 4.78 is 10.2. The van der Waals surface area contributed by atoms with Gasteiger partial charge in [0.25, 0.3) is 5.91 Å². The van der Waals surface area contributed by atoms with Gasteiger partial charge < -0.3 is 9.15 Å². The van der Waals surface area contributed by atoms with Crippen molar-refractivity contribution in [2.24, 2.45) is 0 Å². The highest BCUT2D eigenvalue weighted by Gasteiger charge is 2.13. The zero-order valence-corrected chi connectivity index (χ0v) is 11.5. The molecule has 20 heavy (non-hydrogen) atoms. The van der Waals surface area contributed by atoms with Gasteiger partial charge in [-0.3, -0.25) is 14.9 Å². The maximum atomic E-state index is 12.1. The van der Waals surface area contributed by atoms with Crippen molar-refractivity contribution in [1.82, 2.24) is 0 Å². The maximum absolute atomic E-state index is 12.1. The lowest BCUT2D eigenvalue weighted by atomic mass is 10.1. The SMILES string of the molecule is CC(=O)Oc1c(C)cc(C(=O)Nc2ccco2)cc1C. The van der Waals surface area contributed by atoms with Crippen molar-refractivity contribution in [3.63, 3.8) is 0 Å². The van der Waals surface area contributed by atoms with E-state index in [1.54, 1.807) is 38.1 Å². The van der Waals surface area contributed by atoms with E-state index >= 15 is 0 Å². The number of carbonyl (C=O) groups is 2. The van der Waals surface area contributed by atoms with Crippen LogP contribution in [0.5, 0.6) is 5.75 Å². The highest BCUT2D eigenvalue weighted by atomic mass is 16.5. The predicted octanol–water partition coefficient (Wildman–Crippen LogP) is 3.07. The summed E-state index contributed by atoms with van der Waals surface area (Å²) in [6.45, 7) is 4.92. The Morgan fingerprint density at radius 3 is 2.35 bits per heavy atom. The van der Waals surface area contributed by atoms with Crippen LogP contribution in [0, 0.1) is 13.8 Å². The van der Waals surface area contributed by atoms with E-state index in [9.17, 15) is 9.59 Å². The molecule has 0 unspecified atom stereocenters. The molecule has 0 aliphatic carbocycles. The van der Waals surface area contributed by atoms with Crippen LogP contribution in [-0.4, -0.2) is 11.9 Å². The number of amides is 1. The summed E-state index contributed by atoms with van der Waals surface area (Å²) in [5.41, 5.74) is 1.93. The third kappa shape index (κ3) is 3.06. The van der Waals surface area contributed by atoms with Gasteiger partial charge in [-0.15, -0.1) is 0 Å². The van der Waals surface area contributed by atoms with Gasteiger partial charge in [-0.25, -0.2) is 0 Å². The number of furan rings is 1. The lowest BCUT2D eigenvalue weighted by molar-refractivity contribution is -0.131. The fourth-order valence-electron chi connectivity index (χ4n) is 1.92. The molecule has 2 aromatic rings. The number of anilines is 1. The topological polar surface area (TPSA) is 68.5 Å². The van der Waals surface area contributed by atoms with Crippen molar-refractivity contribution in [1.29, 1.82) is 0 Å². The van der Waals surface area contributed by atoms with Gasteiger partial charge in [-0.1, -0.05) is 0 Å². The molecule has 5 nitrogen and oxygen atoms in total. The monoisotopic (exact) mass is 273 g/mol. The number of benzene rings is 1. The van der Waals surface area contributed by atoms with E-state index < -0.39 is 0 Å². The van der Waals surface area contributed by atoms with Crippen LogP contribution in [0.15, 0.2) is 34.9 Å². The summed E-state index contributed by atoms with van der Waals surface area (Å²) in [5, 5.41) is 2.64. The van der Waals surface area contributed by atoms with Gasteiger partial charge in [-0.05, 0) is 43.2 Å². The molecule has 1 amide bonds. The summed E-state index contributed by atoms with van der Waals surface area (Å²) >= 11 is 0. The van der Waals surface area contributed by atoms with Gasteiger partial charge in [0.1, 0.15) is 5.75 Å². The number of carbonyl (C=O) groups excluding carboxylic acids is 2. The van der Waals surface area contributed by atoms with Crippen LogP contribution in [0.2, 0.25) is 0 Å². The van der Waals surface area contributed by atoms with Crippen LogP contribution in [-0.2, 0) is 4.79 Å². The lowest BCUT2D eigenvalue weighted by Crippen LogP contribution is -2.13. The Balaban J connectivity index is 2.25. The Labute approximate surface area is 116 Å². The second kappa shape index (κ2) is 5.61. The van der Waals surface area contributed by atoms with E-state index in [1.165, 1.54) is 13.2 Å². The molecular formula is C15H15NO4. The molecule has 0 aliphatic heterocycles. The van der Waals surface area contributed by atoms with Crippen LogP contribution in [0.1, 0.15) is 28.4 Å². The molecule has 1 heterocycles. The molecule has 0 aliphatic rings. The van der Waals surface area contributed by atoms with Crippen molar-refractivity contribution in [3.05, 3.63) is 47.2 Å². The number of rotatable bonds is 3. The average Bonchev–Trinajstić information content (AvgIpc) is 2.86. The molecule has 0 fully saturated rings. The zero-order chi connectivity index (χ0) is 14.7. The molecule has 0 saturated heterocycles. The molecule has 0 bridgehead atoms. The normalized spacial score (nSPS) is 10.2. The van der Waals surface area contributed by atoms with E-state index in [1.807, 2.05) is 0 Å². The Bertz CT molecular complexity index is 621. The summed E-state index contributed by atoms with van der Waals surface area (Å²) in [6.07, 6.45) is 1.48. The molecule has 0 saturated carbocycles. The highest BCUT2D eigenvalue weighted by Crippen LogP contribution is 2.25. The molecule has 0 atom stereocenters. The number of hydrogen-bond acceptors (Lipinski definition) is 4. The molecule has 1 aromatic heterocycles. The summed E-state index contributed by atoms with van der Waals surface area (Å²) in [6, 6.07) is 6.69. The zero-order valence-electron chi connectivity index (χ0n) is 11.5. The van der Waals surface area contributed by atoms with Gasteiger partial charge in [0.05, 0.1) is 6.26 Å². The first-order chi connectivity index (χ1) is 9.47. The van der Waals surface area contributed by atoms with E-state index in [0.29, 0.717) is 17.2 Å². The van der Waals surface area contributed by atoms with Gasteiger partial charge in [0.2, 0.25) is 0 Å². The van der Waals surface area contributed by atoms with Crippen LogP contribution in [0.3, 0.4) is 0 Å². The molecular weight excluding hydrogens is 258 g/mol. The second-order valence-electron chi connectivity index (χ2n) is 4.46. The van der Waals surface area contributed by atoms with E-state index in [2.05, 4.69) is 5.32 Å². The molecule has 1 aromatic carbocycles. The smallest absolute Gasteiger partial charge is 0.308 e. The van der Waals surface area contributed by atoms with Crippen LogP contribution in [0.25, 0.3) is 0 Å². The van der Waals surface area contributed by atoms with Crippen LogP contribution < -0.4 is 10.1 Å². The van der Waals surface area contributed by atoms with Crippen molar-refractivity contribution >= 4 is 17.8 Å². The lowest BCUT2D eigenvalue weighted by Gasteiger charge is -2.11. The van der Waals surface area contributed by atoms with E-state index in [4.69, 9.17) is 9.15 Å². The number of aryl methyl sites for hydroxylation is 2. The predicted molar refractivity (Wildman–Crippen MR) is 73.9 cm³/mol. The van der Waals surface area contributed by atoms with Gasteiger partial charge in [0.15, 0.2) is 5.88 Å². The number of esters is 1. The second-order valence-corrected chi connectivity index (χ2v) is 4.46. The summed E-state index contributed by atoms with van der Waals surface area (Å²) in [5.74, 6) is 0.214. The molecule has 1 N–H and O–H groups in total. The number of ether oxygens (including phenoxy) is 1. The largest absolute Gasteiger partial charge is 0.449 e. The van der Waals surface area contributed by atoms with Crippen molar-refractivity contribution < 1.29 is 18.7 Å². The van der Waals surface area contributed by atoms with E-state index in [-0.39, 0.29) is 11.9 Å². The minimum absolute atomic E-state index is 0.277. The maximum Gasteiger partial charge on any atom is 0.308 e. The van der Waals surface area contributed by atoms with Gasteiger partial charge >= 0.3 is 5.97 Å². The molecule has 5 heteroatoms. The van der Waals surface area contributed by atoms with Gasteiger partial charge in [0, 0.05) is 18.6 Å². The fourth-order valence-corrected chi connectivity index (χ4v) is 1.92. The molecule has 0 radical (unpaired) electrons. The fraction of sp³-hybridized carbons (Fsp3) is 0.200. The highest BCUT2D eigenvalue weighted by molar-refractivity contribution is 6.04. The van der Waals surface area contributed by atoms with Crippen molar-refractivity contribution in [2.75, 3.05) is 5.32 Å². The summed E-state index contributed by atoms with van der Waals surface area (Å²) in [4.78, 5) is 23.1. The minimum Gasteiger partial charge on any atom is -0.449 e. The quantitative estimate of drug-likeness (QED) is 0.689. The summed E-state index contributed by atoms with van der Waals surface area (Å²) in [7, 11) is 0. The van der Waals surface area contributed by atoms with Crippen molar-refractivity contribution in [3.8, 4) is 5.75 Å². The Kier molecular flexibility index (Phi) is 3.89. The number of nitrogens with one attached hydrogen (secondary N) is 1.